The maximum Gasteiger partial charge on any atom is 0.240 e. The zero-order valence-electron chi connectivity index (χ0n) is 35.2. The van der Waals surface area contributed by atoms with Gasteiger partial charge in [-0.15, -0.1) is 0 Å². The van der Waals surface area contributed by atoms with Crippen LogP contribution in [0.3, 0.4) is 0 Å². The van der Waals surface area contributed by atoms with Crippen LogP contribution in [0.5, 0.6) is 0 Å². The molecule has 0 saturated carbocycles. The monoisotopic (exact) mass is 842 g/mol. The molecule has 9 aromatic carbocycles. The Kier molecular flexibility index (Phi) is 7.59. The molecule has 5 aromatic heterocycles. The van der Waals surface area contributed by atoms with Crippen LogP contribution >= 0.6 is 0 Å². The molecule has 8 heteroatoms. The van der Waals surface area contributed by atoms with Crippen molar-refractivity contribution in [1.29, 1.82) is 5.26 Å². The highest BCUT2D eigenvalue weighted by atomic mass is 15.3. The van der Waals surface area contributed by atoms with Crippen LogP contribution in [0.15, 0.2) is 206 Å². The Morgan fingerprint density at radius 2 is 0.621 bits per heavy atom. The first-order valence-electron chi connectivity index (χ1n) is 22.0. The van der Waals surface area contributed by atoms with Gasteiger partial charge in [-0.2, -0.15) is 20.2 Å². The second kappa shape index (κ2) is 13.8. The third kappa shape index (κ3) is 5.16. The van der Waals surface area contributed by atoms with Crippen LogP contribution < -0.4 is 0 Å². The second-order valence-corrected chi connectivity index (χ2v) is 16.8. The molecule has 0 aliphatic rings. The van der Waals surface area contributed by atoms with E-state index in [0.717, 1.165) is 82.6 Å². The van der Waals surface area contributed by atoms with Crippen molar-refractivity contribution in [3.05, 3.63) is 212 Å². The molecule has 0 saturated heterocycles. The van der Waals surface area contributed by atoms with E-state index in [4.69, 9.17) is 15.0 Å². The summed E-state index contributed by atoms with van der Waals surface area (Å²) in [6.45, 7) is 0. The number of nitriles is 1. The standard InChI is InChI=1S/C58H34N8/c59-35-36-25-27-37(28-26-36)56-60-57(65-52-23-11-5-17-44(52)46-33-38(29-31-54(46)65)63-48-19-7-1-13-40(48)41-14-2-8-20-49(41)63)62-58(61-56)66-53-24-12-6-18-45(53)47-34-39(30-32-55(47)66)64-50-21-9-3-15-42(50)43-16-4-10-22-51(43)64/h1-34H. The van der Waals surface area contributed by atoms with Crippen molar-refractivity contribution in [2.45, 2.75) is 0 Å². The molecule has 306 valence electrons. The maximum atomic E-state index is 9.71. The van der Waals surface area contributed by atoms with Gasteiger partial charge >= 0.3 is 0 Å². The summed E-state index contributed by atoms with van der Waals surface area (Å²) >= 11 is 0. The first kappa shape index (κ1) is 36.2. The van der Waals surface area contributed by atoms with E-state index in [1.807, 2.05) is 24.3 Å². The summed E-state index contributed by atoms with van der Waals surface area (Å²) in [4.78, 5) is 16.0. The lowest BCUT2D eigenvalue weighted by Crippen LogP contribution is -2.10. The summed E-state index contributed by atoms with van der Waals surface area (Å²) in [6, 6.07) is 74.4. The van der Waals surface area contributed by atoms with Crippen molar-refractivity contribution in [2.75, 3.05) is 0 Å². The smallest absolute Gasteiger partial charge is 0.240 e. The van der Waals surface area contributed by atoms with Crippen LogP contribution in [0, 0.1) is 11.3 Å². The van der Waals surface area contributed by atoms with Gasteiger partial charge in [-0.25, -0.2) is 0 Å². The van der Waals surface area contributed by atoms with Gasteiger partial charge in [-0.1, -0.05) is 109 Å². The fourth-order valence-electron chi connectivity index (χ4n) is 10.4. The van der Waals surface area contributed by atoms with Gasteiger partial charge < -0.3 is 9.13 Å². The zero-order valence-corrected chi connectivity index (χ0v) is 35.2. The SMILES string of the molecule is N#Cc1ccc(-c2nc(-n3c4ccccc4c4cc(-n5c6ccccc6c6ccccc65)ccc43)nc(-n3c4ccccc4c4cc(-n5c6ccccc6c6ccccc65)ccc43)n2)cc1. The largest absolute Gasteiger partial charge is 0.309 e. The number of fused-ring (bicyclic) bond motifs is 12. The van der Waals surface area contributed by atoms with Gasteiger partial charge in [0.2, 0.25) is 11.9 Å². The van der Waals surface area contributed by atoms with Crippen LogP contribution in [0.25, 0.3) is 122 Å². The lowest BCUT2D eigenvalue weighted by atomic mass is 10.1. The van der Waals surface area contributed by atoms with Crippen LogP contribution in [0.1, 0.15) is 5.56 Å². The molecule has 0 amide bonds. The molecule has 0 spiro atoms. The first-order valence-corrected chi connectivity index (χ1v) is 22.0. The van der Waals surface area contributed by atoms with Gasteiger partial charge in [0.25, 0.3) is 0 Å². The Balaban J connectivity index is 1.02. The number of rotatable bonds is 5. The van der Waals surface area contributed by atoms with Gasteiger partial charge in [0.15, 0.2) is 5.82 Å². The molecular weight excluding hydrogens is 809 g/mol. The molecule has 0 N–H and O–H groups in total. The van der Waals surface area contributed by atoms with Crippen LogP contribution in [-0.4, -0.2) is 33.2 Å². The molecule has 0 fully saturated rings. The van der Waals surface area contributed by atoms with E-state index in [1.54, 1.807) is 0 Å². The average molecular weight is 843 g/mol. The van der Waals surface area contributed by atoms with Crippen LogP contribution in [-0.2, 0) is 0 Å². The number of benzene rings is 9. The summed E-state index contributed by atoms with van der Waals surface area (Å²) < 4.78 is 9.03. The molecule has 0 bridgehead atoms. The Morgan fingerprint density at radius 1 is 0.303 bits per heavy atom. The predicted molar refractivity (Wildman–Crippen MR) is 267 cm³/mol. The minimum atomic E-state index is 0.489. The quantitative estimate of drug-likeness (QED) is 0.173. The highest BCUT2D eigenvalue weighted by molar-refractivity contribution is 6.14. The van der Waals surface area contributed by atoms with E-state index < -0.39 is 0 Å². The number of aromatic nitrogens is 7. The number of para-hydroxylation sites is 6. The van der Waals surface area contributed by atoms with Gasteiger partial charge in [-0.05, 0) is 97.1 Å². The number of hydrogen-bond donors (Lipinski definition) is 0. The minimum absolute atomic E-state index is 0.489. The number of nitrogens with zero attached hydrogens (tertiary/aromatic N) is 8. The van der Waals surface area contributed by atoms with Gasteiger partial charge in [-0.3, -0.25) is 9.13 Å². The van der Waals surface area contributed by atoms with Crippen molar-refractivity contribution >= 4 is 87.2 Å². The molecule has 14 rings (SSSR count). The molecule has 8 nitrogen and oxygen atoms in total. The molecule has 0 atom stereocenters. The molecular formula is C58H34N8. The Morgan fingerprint density at radius 3 is 0.985 bits per heavy atom. The van der Waals surface area contributed by atoms with Crippen LogP contribution in [0.4, 0.5) is 0 Å². The molecule has 0 radical (unpaired) electrons. The molecule has 0 unspecified atom stereocenters. The van der Waals surface area contributed by atoms with E-state index in [1.165, 1.54) is 21.5 Å². The highest BCUT2D eigenvalue weighted by Gasteiger charge is 2.23. The molecule has 66 heavy (non-hydrogen) atoms. The second-order valence-electron chi connectivity index (χ2n) is 16.8. The average Bonchev–Trinajstić information content (AvgIpc) is 4.11. The zero-order chi connectivity index (χ0) is 43.5. The fraction of sp³-hybridized carbons (Fsp3) is 0. The van der Waals surface area contributed by atoms with E-state index in [2.05, 4.69) is 206 Å². The summed E-state index contributed by atoms with van der Waals surface area (Å²) in [7, 11) is 0. The summed E-state index contributed by atoms with van der Waals surface area (Å²) in [5.41, 5.74) is 12.0. The summed E-state index contributed by atoms with van der Waals surface area (Å²) in [5.74, 6) is 1.48. The number of hydrogen-bond acceptors (Lipinski definition) is 4. The predicted octanol–water partition coefficient (Wildman–Crippen LogP) is 13.8. The first-order chi connectivity index (χ1) is 32.7. The molecule has 14 aromatic rings. The lowest BCUT2D eigenvalue weighted by Gasteiger charge is -2.13. The van der Waals surface area contributed by atoms with Crippen molar-refractivity contribution in [3.8, 4) is 40.7 Å². The normalized spacial score (nSPS) is 11.9. The van der Waals surface area contributed by atoms with E-state index >= 15 is 0 Å². The van der Waals surface area contributed by atoms with E-state index in [0.29, 0.717) is 23.3 Å². The Labute approximate surface area is 376 Å². The third-order valence-electron chi connectivity index (χ3n) is 13.3. The summed E-state index contributed by atoms with van der Waals surface area (Å²) in [6.07, 6.45) is 0. The summed E-state index contributed by atoms with van der Waals surface area (Å²) in [5, 5.41) is 18.9. The van der Waals surface area contributed by atoms with E-state index in [-0.39, 0.29) is 0 Å². The molecule has 5 heterocycles. The van der Waals surface area contributed by atoms with Gasteiger partial charge in [0.05, 0.1) is 55.8 Å². The van der Waals surface area contributed by atoms with Crippen molar-refractivity contribution in [2.24, 2.45) is 0 Å². The fourth-order valence-corrected chi connectivity index (χ4v) is 10.4. The van der Waals surface area contributed by atoms with Gasteiger partial charge in [0.1, 0.15) is 0 Å². The third-order valence-corrected chi connectivity index (χ3v) is 13.3. The topological polar surface area (TPSA) is 82.2 Å². The molecule has 0 aliphatic carbocycles. The Bertz CT molecular complexity index is 4010. The highest BCUT2D eigenvalue weighted by Crippen LogP contribution is 2.39. The van der Waals surface area contributed by atoms with Crippen LogP contribution in [0.2, 0.25) is 0 Å². The lowest BCUT2D eigenvalue weighted by molar-refractivity contribution is 0.892. The maximum absolute atomic E-state index is 9.71. The van der Waals surface area contributed by atoms with E-state index in [9.17, 15) is 5.26 Å². The molecule has 0 aliphatic heterocycles. The van der Waals surface area contributed by atoms with Crippen molar-refractivity contribution < 1.29 is 0 Å². The Hall–Kier alpha value is -9.32. The van der Waals surface area contributed by atoms with Crippen molar-refractivity contribution in [3.63, 3.8) is 0 Å². The van der Waals surface area contributed by atoms with Crippen molar-refractivity contribution in [1.82, 2.24) is 33.2 Å². The minimum Gasteiger partial charge on any atom is -0.309 e. The van der Waals surface area contributed by atoms with Gasteiger partial charge in [0, 0.05) is 60.0 Å².